The van der Waals surface area contributed by atoms with Crippen LogP contribution in [0.2, 0.25) is 0 Å². The maximum absolute atomic E-state index is 4.05. The van der Waals surface area contributed by atoms with Crippen molar-refractivity contribution < 1.29 is 0 Å². The molecule has 1 heterocycles. The summed E-state index contributed by atoms with van der Waals surface area (Å²) in [5.74, 6) is 0.897. The first-order valence-corrected chi connectivity index (χ1v) is 5.56. The topological polar surface area (TPSA) is 24.9 Å². The average molecular weight is 202 g/mol. The van der Waals surface area contributed by atoms with Gasteiger partial charge in [-0.15, -0.1) is 0 Å². The Hall–Kier alpha value is -1.15. The molecule has 1 fully saturated rings. The molecule has 1 aromatic heterocycles. The largest absolute Gasteiger partial charge is 0.306 e. The van der Waals surface area contributed by atoms with E-state index >= 15 is 0 Å². The van der Waals surface area contributed by atoms with E-state index in [0.717, 1.165) is 12.5 Å². The van der Waals surface area contributed by atoms with Crippen molar-refractivity contribution in [3.63, 3.8) is 0 Å². The molecule has 0 amide bonds. The Morgan fingerprint density at radius 1 is 1.53 bits per heavy atom. The lowest BCUT2D eigenvalue weighted by Crippen LogP contribution is -2.24. The summed E-state index contributed by atoms with van der Waals surface area (Å²) >= 11 is 0. The number of nitrogens with one attached hydrogen (secondary N) is 1. The zero-order valence-corrected chi connectivity index (χ0v) is 9.24. The van der Waals surface area contributed by atoms with E-state index in [-0.39, 0.29) is 6.04 Å². The van der Waals surface area contributed by atoms with Gasteiger partial charge in [0.15, 0.2) is 0 Å². The van der Waals surface area contributed by atoms with Gasteiger partial charge in [-0.05, 0) is 49.9 Å². The predicted molar refractivity (Wildman–Crippen MR) is 62.5 cm³/mol. The van der Waals surface area contributed by atoms with Gasteiger partial charge in [0.25, 0.3) is 0 Å². The minimum absolute atomic E-state index is 0.286. The lowest BCUT2D eigenvalue weighted by Gasteiger charge is -2.19. The van der Waals surface area contributed by atoms with E-state index < -0.39 is 0 Å². The van der Waals surface area contributed by atoms with Crippen molar-refractivity contribution in [3.8, 4) is 0 Å². The zero-order valence-electron chi connectivity index (χ0n) is 9.24. The molecule has 2 heteroatoms. The number of nitrogens with zero attached hydrogens (tertiary/aromatic N) is 1. The predicted octanol–water partition coefficient (Wildman–Crippen LogP) is 2.70. The van der Waals surface area contributed by atoms with Gasteiger partial charge in [0.1, 0.15) is 0 Å². The fourth-order valence-electron chi connectivity index (χ4n) is 1.74. The van der Waals surface area contributed by atoms with Gasteiger partial charge in [-0.2, -0.15) is 0 Å². The summed E-state index contributed by atoms with van der Waals surface area (Å²) in [6.45, 7) is 7.23. The van der Waals surface area contributed by atoms with Crippen LogP contribution in [0.15, 0.2) is 36.7 Å². The normalized spacial score (nSPS) is 17.4. The average Bonchev–Trinajstić information content (AvgIpc) is 3.03. The molecule has 0 spiro atoms. The summed E-state index contributed by atoms with van der Waals surface area (Å²) in [5, 5.41) is 3.57. The first-order chi connectivity index (χ1) is 7.27. The summed E-state index contributed by atoms with van der Waals surface area (Å²) in [6, 6.07) is 4.40. The van der Waals surface area contributed by atoms with Crippen LogP contribution in [0.3, 0.4) is 0 Å². The second-order valence-corrected chi connectivity index (χ2v) is 4.41. The monoisotopic (exact) mass is 202 g/mol. The van der Waals surface area contributed by atoms with E-state index in [2.05, 4.69) is 35.9 Å². The molecular formula is C13H18N2. The maximum atomic E-state index is 4.05. The first-order valence-electron chi connectivity index (χ1n) is 5.56. The maximum Gasteiger partial charge on any atom is 0.0531 e. The first kappa shape index (κ1) is 10.4. The fourth-order valence-corrected chi connectivity index (χ4v) is 1.74. The minimum atomic E-state index is 0.286. The van der Waals surface area contributed by atoms with Crippen LogP contribution in [0, 0.1) is 5.92 Å². The van der Waals surface area contributed by atoms with Crippen LogP contribution in [0.4, 0.5) is 0 Å². The van der Waals surface area contributed by atoms with Crippen molar-refractivity contribution in [1.29, 1.82) is 0 Å². The molecule has 80 valence electrons. The molecule has 1 unspecified atom stereocenters. The number of pyridine rings is 1. The summed E-state index contributed by atoms with van der Waals surface area (Å²) < 4.78 is 0. The van der Waals surface area contributed by atoms with Gasteiger partial charge in [-0.3, -0.25) is 4.98 Å². The molecule has 15 heavy (non-hydrogen) atoms. The third-order valence-corrected chi connectivity index (χ3v) is 2.84. The van der Waals surface area contributed by atoms with E-state index in [9.17, 15) is 0 Å². The van der Waals surface area contributed by atoms with E-state index in [1.54, 1.807) is 0 Å². The highest BCUT2D eigenvalue weighted by molar-refractivity contribution is 5.23. The van der Waals surface area contributed by atoms with Gasteiger partial charge < -0.3 is 5.32 Å². The highest BCUT2D eigenvalue weighted by Crippen LogP contribution is 2.29. The van der Waals surface area contributed by atoms with Gasteiger partial charge in [-0.1, -0.05) is 12.2 Å². The van der Waals surface area contributed by atoms with Gasteiger partial charge in [0.05, 0.1) is 6.04 Å². The van der Waals surface area contributed by atoms with Crippen LogP contribution >= 0.6 is 0 Å². The minimum Gasteiger partial charge on any atom is -0.306 e. The quantitative estimate of drug-likeness (QED) is 0.743. The highest BCUT2D eigenvalue weighted by Gasteiger charge is 2.22. The molecule has 2 rings (SSSR count). The van der Waals surface area contributed by atoms with Crippen LogP contribution in [-0.4, -0.2) is 11.5 Å². The van der Waals surface area contributed by atoms with Crippen molar-refractivity contribution in [2.45, 2.75) is 25.8 Å². The van der Waals surface area contributed by atoms with Crippen LogP contribution in [-0.2, 0) is 0 Å². The molecule has 1 aromatic rings. The van der Waals surface area contributed by atoms with Crippen molar-refractivity contribution in [2.24, 2.45) is 5.92 Å². The summed E-state index contributed by atoms with van der Waals surface area (Å²) in [4.78, 5) is 4.04. The van der Waals surface area contributed by atoms with Crippen molar-refractivity contribution in [3.05, 3.63) is 42.2 Å². The summed E-state index contributed by atoms with van der Waals surface area (Å²) in [7, 11) is 0. The zero-order chi connectivity index (χ0) is 10.7. The van der Waals surface area contributed by atoms with Crippen molar-refractivity contribution in [1.82, 2.24) is 10.3 Å². The molecular weight excluding hydrogens is 184 g/mol. The molecule has 0 bridgehead atoms. The standard InChI is InChI=1S/C13H18N2/c1-10(2)13(15-9-11-3-4-11)12-5-7-14-8-6-12/h5-8,11,13,15H,1,3-4,9H2,2H3. The fraction of sp³-hybridized carbons (Fsp3) is 0.462. The highest BCUT2D eigenvalue weighted by atomic mass is 14.9. The van der Waals surface area contributed by atoms with Gasteiger partial charge >= 0.3 is 0 Å². The lowest BCUT2D eigenvalue weighted by molar-refractivity contribution is 0.566. The van der Waals surface area contributed by atoms with E-state index in [1.165, 1.54) is 24.0 Å². The Labute approximate surface area is 91.4 Å². The van der Waals surface area contributed by atoms with E-state index in [4.69, 9.17) is 0 Å². The second kappa shape index (κ2) is 4.58. The third kappa shape index (κ3) is 2.90. The Kier molecular flexibility index (Phi) is 3.17. The van der Waals surface area contributed by atoms with Crippen LogP contribution < -0.4 is 5.32 Å². The molecule has 0 aromatic carbocycles. The van der Waals surface area contributed by atoms with Gasteiger partial charge in [0.2, 0.25) is 0 Å². The Balaban J connectivity index is 2.01. The van der Waals surface area contributed by atoms with E-state index in [0.29, 0.717) is 0 Å². The number of hydrogen-bond acceptors (Lipinski definition) is 2. The Morgan fingerprint density at radius 2 is 2.20 bits per heavy atom. The van der Waals surface area contributed by atoms with Gasteiger partial charge in [0, 0.05) is 12.4 Å². The Morgan fingerprint density at radius 3 is 2.73 bits per heavy atom. The molecule has 1 atom stereocenters. The van der Waals surface area contributed by atoms with Crippen molar-refractivity contribution >= 4 is 0 Å². The smallest absolute Gasteiger partial charge is 0.0531 e. The third-order valence-electron chi connectivity index (χ3n) is 2.84. The van der Waals surface area contributed by atoms with Crippen LogP contribution in [0.1, 0.15) is 31.4 Å². The van der Waals surface area contributed by atoms with Crippen LogP contribution in [0.5, 0.6) is 0 Å². The molecule has 1 N–H and O–H groups in total. The number of hydrogen-bond donors (Lipinski definition) is 1. The SMILES string of the molecule is C=C(C)C(NCC1CC1)c1ccncc1. The molecule has 2 nitrogen and oxygen atoms in total. The number of rotatable bonds is 5. The molecule has 1 aliphatic rings. The molecule has 1 saturated carbocycles. The molecule has 0 radical (unpaired) electrons. The summed E-state index contributed by atoms with van der Waals surface area (Å²) in [6.07, 6.45) is 6.44. The Bertz CT molecular complexity index is 328. The lowest BCUT2D eigenvalue weighted by atomic mass is 10.0. The van der Waals surface area contributed by atoms with Gasteiger partial charge in [-0.25, -0.2) is 0 Å². The van der Waals surface area contributed by atoms with Crippen LogP contribution in [0.25, 0.3) is 0 Å². The number of aromatic nitrogens is 1. The summed E-state index contributed by atoms with van der Waals surface area (Å²) in [5.41, 5.74) is 2.43. The molecule has 1 aliphatic carbocycles. The second-order valence-electron chi connectivity index (χ2n) is 4.41. The van der Waals surface area contributed by atoms with E-state index in [1.807, 2.05) is 12.4 Å². The van der Waals surface area contributed by atoms with Crippen molar-refractivity contribution in [2.75, 3.05) is 6.54 Å². The molecule has 0 saturated heterocycles. The molecule has 0 aliphatic heterocycles.